The molecule has 4 rings (SSSR count). The molecule has 1 aromatic heterocycles. The van der Waals surface area contributed by atoms with Gasteiger partial charge in [0, 0.05) is 17.7 Å². The van der Waals surface area contributed by atoms with Crippen molar-refractivity contribution in [3.8, 4) is 16.9 Å². The van der Waals surface area contributed by atoms with Crippen molar-refractivity contribution in [3.63, 3.8) is 0 Å². The standard InChI is InChI=1S/C23H23FN4O2/c24-18-13-11-16(12-14-18)21-20(15-28(27-21)19-9-5-2-6-10-19)23(30)26-25-22(29)17-7-3-1-4-8-17/h2,5-6,9-15,17H,1,3-4,7-8H2,(H,25,29)(H,26,30). The fourth-order valence-corrected chi connectivity index (χ4v) is 3.73. The Kier molecular flexibility index (Phi) is 5.88. The van der Waals surface area contributed by atoms with E-state index in [0.29, 0.717) is 11.3 Å². The molecule has 3 aromatic rings. The van der Waals surface area contributed by atoms with Crippen LogP contribution in [-0.4, -0.2) is 21.6 Å². The first-order valence-electron chi connectivity index (χ1n) is 10.1. The molecule has 2 amide bonds. The quantitative estimate of drug-likeness (QED) is 0.643. The van der Waals surface area contributed by atoms with Crippen LogP contribution >= 0.6 is 0 Å². The van der Waals surface area contributed by atoms with E-state index in [1.165, 1.54) is 12.1 Å². The predicted molar refractivity (Wildman–Crippen MR) is 111 cm³/mol. The number of aromatic nitrogens is 2. The number of carbonyl (C=O) groups is 2. The van der Waals surface area contributed by atoms with Crippen LogP contribution in [0.2, 0.25) is 0 Å². The Hall–Kier alpha value is -3.48. The number of carbonyl (C=O) groups excluding carboxylic acids is 2. The molecule has 6 nitrogen and oxygen atoms in total. The smallest absolute Gasteiger partial charge is 0.273 e. The zero-order valence-corrected chi connectivity index (χ0v) is 16.5. The molecule has 2 aromatic carbocycles. The van der Waals surface area contributed by atoms with E-state index >= 15 is 0 Å². The summed E-state index contributed by atoms with van der Waals surface area (Å²) in [6.45, 7) is 0. The molecule has 0 aliphatic heterocycles. The Morgan fingerprint density at radius 1 is 0.933 bits per heavy atom. The first-order chi connectivity index (χ1) is 14.6. The second kappa shape index (κ2) is 8.90. The van der Waals surface area contributed by atoms with Gasteiger partial charge in [0.25, 0.3) is 5.91 Å². The Bertz CT molecular complexity index is 1030. The molecule has 0 bridgehead atoms. The SMILES string of the molecule is O=C(NNC(=O)C1CCCCC1)c1cn(-c2ccccc2)nc1-c1ccc(F)cc1. The van der Waals surface area contributed by atoms with Crippen molar-refractivity contribution < 1.29 is 14.0 Å². The predicted octanol–water partition coefficient (Wildman–Crippen LogP) is 4.02. The minimum absolute atomic E-state index is 0.0670. The van der Waals surface area contributed by atoms with Crippen LogP contribution in [0.25, 0.3) is 16.9 Å². The number of amides is 2. The van der Waals surface area contributed by atoms with Gasteiger partial charge in [-0.15, -0.1) is 0 Å². The minimum atomic E-state index is -0.472. The van der Waals surface area contributed by atoms with Crippen LogP contribution in [0.1, 0.15) is 42.5 Å². The molecule has 30 heavy (non-hydrogen) atoms. The number of hydrogen-bond acceptors (Lipinski definition) is 3. The summed E-state index contributed by atoms with van der Waals surface area (Å²) in [4.78, 5) is 25.2. The van der Waals surface area contributed by atoms with Crippen LogP contribution < -0.4 is 10.9 Å². The average Bonchev–Trinajstić information content (AvgIpc) is 3.24. The number of nitrogens with one attached hydrogen (secondary N) is 2. The van der Waals surface area contributed by atoms with Crippen molar-refractivity contribution in [2.75, 3.05) is 0 Å². The van der Waals surface area contributed by atoms with Crippen molar-refractivity contribution >= 4 is 11.8 Å². The molecule has 2 N–H and O–H groups in total. The van der Waals surface area contributed by atoms with E-state index in [1.807, 2.05) is 30.3 Å². The van der Waals surface area contributed by atoms with Crippen LogP contribution in [0.5, 0.6) is 0 Å². The summed E-state index contributed by atoms with van der Waals surface area (Å²) in [5, 5.41) is 4.54. The number of halogens is 1. The molecule has 1 aliphatic rings. The summed E-state index contributed by atoms with van der Waals surface area (Å²) in [5.41, 5.74) is 7.15. The van der Waals surface area contributed by atoms with Gasteiger partial charge in [0.1, 0.15) is 11.5 Å². The van der Waals surface area contributed by atoms with Gasteiger partial charge in [-0.3, -0.25) is 20.4 Å². The van der Waals surface area contributed by atoms with Gasteiger partial charge in [-0.25, -0.2) is 9.07 Å². The molecule has 0 spiro atoms. The van der Waals surface area contributed by atoms with Crippen molar-refractivity contribution in [2.24, 2.45) is 5.92 Å². The van der Waals surface area contributed by atoms with Gasteiger partial charge in [0.2, 0.25) is 5.91 Å². The molecule has 0 atom stereocenters. The molecule has 7 heteroatoms. The molecular formula is C23H23FN4O2. The maximum Gasteiger partial charge on any atom is 0.273 e. The van der Waals surface area contributed by atoms with Crippen molar-refractivity contribution in [3.05, 3.63) is 72.2 Å². The van der Waals surface area contributed by atoms with Crippen LogP contribution in [0, 0.1) is 11.7 Å². The fourth-order valence-electron chi connectivity index (χ4n) is 3.73. The Morgan fingerprint density at radius 2 is 1.63 bits per heavy atom. The third-order valence-electron chi connectivity index (χ3n) is 5.37. The van der Waals surface area contributed by atoms with Gasteiger partial charge >= 0.3 is 0 Å². The first kappa shape index (κ1) is 19.8. The van der Waals surface area contributed by atoms with E-state index in [-0.39, 0.29) is 23.2 Å². The Morgan fingerprint density at radius 3 is 2.33 bits per heavy atom. The van der Waals surface area contributed by atoms with E-state index in [4.69, 9.17) is 0 Å². The Labute approximate surface area is 174 Å². The van der Waals surface area contributed by atoms with Crippen LogP contribution in [0.3, 0.4) is 0 Å². The third-order valence-corrected chi connectivity index (χ3v) is 5.37. The largest absolute Gasteiger partial charge is 0.273 e. The van der Waals surface area contributed by atoms with Gasteiger partial charge in [0.15, 0.2) is 0 Å². The molecule has 154 valence electrons. The second-order valence-corrected chi connectivity index (χ2v) is 7.46. The van der Waals surface area contributed by atoms with Gasteiger partial charge in [0.05, 0.1) is 11.3 Å². The van der Waals surface area contributed by atoms with Crippen molar-refractivity contribution in [1.29, 1.82) is 0 Å². The van der Waals surface area contributed by atoms with Crippen LogP contribution in [0.4, 0.5) is 4.39 Å². The molecule has 1 fully saturated rings. The molecule has 0 unspecified atom stereocenters. The van der Waals surface area contributed by atoms with Crippen LogP contribution in [0.15, 0.2) is 60.8 Å². The maximum absolute atomic E-state index is 13.4. The van der Waals surface area contributed by atoms with E-state index in [2.05, 4.69) is 16.0 Å². The normalized spacial score (nSPS) is 14.3. The number of hydrazine groups is 1. The van der Waals surface area contributed by atoms with Gasteiger partial charge in [-0.05, 0) is 49.2 Å². The summed E-state index contributed by atoms with van der Waals surface area (Å²) in [5.74, 6) is -1.07. The first-order valence-corrected chi connectivity index (χ1v) is 10.1. The van der Waals surface area contributed by atoms with Crippen LogP contribution in [-0.2, 0) is 4.79 Å². The highest BCUT2D eigenvalue weighted by molar-refractivity contribution is 6.00. The molecule has 1 saturated carbocycles. The summed E-state index contributed by atoms with van der Waals surface area (Å²) in [6.07, 6.45) is 6.50. The summed E-state index contributed by atoms with van der Waals surface area (Å²) in [6, 6.07) is 15.2. The maximum atomic E-state index is 13.4. The van der Waals surface area contributed by atoms with E-state index < -0.39 is 5.91 Å². The highest BCUT2D eigenvalue weighted by Crippen LogP contribution is 2.25. The number of benzene rings is 2. The zero-order chi connectivity index (χ0) is 20.9. The monoisotopic (exact) mass is 406 g/mol. The average molecular weight is 406 g/mol. The second-order valence-electron chi connectivity index (χ2n) is 7.46. The summed E-state index contributed by atoms with van der Waals surface area (Å²) >= 11 is 0. The lowest BCUT2D eigenvalue weighted by molar-refractivity contribution is -0.126. The molecular weight excluding hydrogens is 383 g/mol. The molecule has 0 radical (unpaired) electrons. The van der Waals surface area contributed by atoms with Gasteiger partial charge in [-0.2, -0.15) is 5.10 Å². The lowest BCUT2D eigenvalue weighted by atomic mass is 9.89. The van der Waals surface area contributed by atoms with Crippen molar-refractivity contribution in [2.45, 2.75) is 32.1 Å². The van der Waals surface area contributed by atoms with E-state index in [9.17, 15) is 14.0 Å². The van der Waals surface area contributed by atoms with E-state index in [0.717, 1.165) is 37.8 Å². The van der Waals surface area contributed by atoms with E-state index in [1.54, 1.807) is 23.0 Å². The molecule has 1 aliphatic carbocycles. The lowest BCUT2D eigenvalue weighted by Gasteiger charge is -2.20. The summed E-state index contributed by atoms with van der Waals surface area (Å²) in [7, 11) is 0. The third kappa shape index (κ3) is 4.40. The lowest BCUT2D eigenvalue weighted by Crippen LogP contribution is -2.45. The zero-order valence-electron chi connectivity index (χ0n) is 16.5. The Balaban J connectivity index is 1.58. The number of hydrogen-bond donors (Lipinski definition) is 2. The number of rotatable bonds is 4. The minimum Gasteiger partial charge on any atom is -0.273 e. The highest BCUT2D eigenvalue weighted by Gasteiger charge is 2.23. The highest BCUT2D eigenvalue weighted by atomic mass is 19.1. The van der Waals surface area contributed by atoms with Crippen molar-refractivity contribution in [1.82, 2.24) is 20.6 Å². The fraction of sp³-hybridized carbons (Fsp3) is 0.261. The summed E-state index contributed by atoms with van der Waals surface area (Å²) < 4.78 is 15.0. The number of para-hydroxylation sites is 1. The van der Waals surface area contributed by atoms with Gasteiger partial charge < -0.3 is 0 Å². The molecule has 1 heterocycles. The number of nitrogens with zero attached hydrogens (tertiary/aromatic N) is 2. The van der Waals surface area contributed by atoms with Gasteiger partial charge in [-0.1, -0.05) is 37.5 Å². The topological polar surface area (TPSA) is 76.0 Å². The molecule has 0 saturated heterocycles.